The van der Waals surface area contributed by atoms with E-state index in [1.54, 1.807) is 30.9 Å². The summed E-state index contributed by atoms with van der Waals surface area (Å²) in [6, 6.07) is 12.3. The molecule has 2 aromatic carbocycles. The summed E-state index contributed by atoms with van der Waals surface area (Å²) in [5.74, 6) is 0.402. The Labute approximate surface area is 200 Å². The van der Waals surface area contributed by atoms with Crippen molar-refractivity contribution >= 4 is 23.4 Å². The first-order chi connectivity index (χ1) is 16.4. The van der Waals surface area contributed by atoms with Crippen LogP contribution < -0.4 is 10.1 Å². The second-order valence-electron chi connectivity index (χ2n) is 8.07. The lowest BCUT2D eigenvalue weighted by molar-refractivity contribution is -0.387. The van der Waals surface area contributed by atoms with E-state index in [1.807, 2.05) is 24.3 Å². The van der Waals surface area contributed by atoms with Gasteiger partial charge in [-0.2, -0.15) is 0 Å². The zero-order valence-electron chi connectivity index (χ0n) is 18.9. The van der Waals surface area contributed by atoms with Crippen LogP contribution in [0.3, 0.4) is 0 Å². The van der Waals surface area contributed by atoms with E-state index in [-0.39, 0.29) is 22.6 Å². The van der Waals surface area contributed by atoms with E-state index in [2.05, 4.69) is 15.5 Å². The molecule has 1 aliphatic heterocycles. The number of methoxy groups -OCH3 is 1. The first-order valence-electron chi connectivity index (χ1n) is 10.7. The van der Waals surface area contributed by atoms with Crippen LogP contribution in [0.2, 0.25) is 0 Å². The van der Waals surface area contributed by atoms with Gasteiger partial charge in [-0.1, -0.05) is 12.1 Å². The van der Waals surface area contributed by atoms with Gasteiger partial charge in [0, 0.05) is 43.9 Å². The van der Waals surface area contributed by atoms with Crippen LogP contribution in [0.4, 0.5) is 5.69 Å². The van der Waals surface area contributed by atoms with E-state index >= 15 is 0 Å². The lowest BCUT2D eigenvalue weighted by Crippen LogP contribution is -2.44. The summed E-state index contributed by atoms with van der Waals surface area (Å²) in [6.45, 7) is 1.59. The van der Waals surface area contributed by atoms with Gasteiger partial charge in [-0.25, -0.2) is 0 Å². The van der Waals surface area contributed by atoms with Crippen LogP contribution in [0, 0.1) is 10.1 Å². The zero-order chi connectivity index (χ0) is 24.1. The number of amides is 1. The number of carbonyl (C=O) groups excluding carboxylic acids is 1. The predicted octanol–water partition coefficient (Wildman–Crippen LogP) is 3.36. The molecule has 34 heavy (non-hydrogen) atoms. The Kier molecular flexibility index (Phi) is 7.13. The first kappa shape index (κ1) is 23.7. The molecule has 1 aromatic heterocycles. The number of nitrogens with one attached hydrogen (secondary N) is 1. The van der Waals surface area contributed by atoms with E-state index in [0.717, 1.165) is 35.9 Å². The fraction of sp³-hybridized carbons (Fsp3) is 0.348. The first-order valence-corrected chi connectivity index (χ1v) is 11.5. The van der Waals surface area contributed by atoms with Crippen molar-refractivity contribution in [2.24, 2.45) is 7.05 Å². The summed E-state index contributed by atoms with van der Waals surface area (Å²) in [5, 5.41) is 23.0. The summed E-state index contributed by atoms with van der Waals surface area (Å²) in [6.07, 6.45) is 3.03. The third kappa shape index (κ3) is 5.05. The molecule has 1 fully saturated rings. The van der Waals surface area contributed by atoms with Crippen LogP contribution in [0.5, 0.6) is 5.75 Å². The molecule has 11 heteroatoms. The average molecular weight is 484 g/mol. The molecule has 1 N–H and O–H groups in total. The van der Waals surface area contributed by atoms with Crippen molar-refractivity contribution in [3.63, 3.8) is 0 Å². The van der Waals surface area contributed by atoms with Crippen LogP contribution in [-0.4, -0.2) is 52.5 Å². The van der Waals surface area contributed by atoms with E-state index in [4.69, 9.17) is 9.47 Å². The number of benzene rings is 2. The SMILES string of the molecule is COc1ccc(C2(CNC(=O)c3ccc(Sc4nncn4C)c([N+](=O)[O-])c3)CCOCC2)cc1. The van der Waals surface area contributed by atoms with E-state index in [0.29, 0.717) is 29.8 Å². The van der Waals surface area contributed by atoms with Gasteiger partial charge < -0.3 is 19.4 Å². The van der Waals surface area contributed by atoms with Crippen molar-refractivity contribution in [1.29, 1.82) is 0 Å². The third-order valence-electron chi connectivity index (χ3n) is 6.03. The molecule has 10 nitrogen and oxygen atoms in total. The molecule has 0 spiro atoms. The molecule has 0 aliphatic carbocycles. The predicted molar refractivity (Wildman–Crippen MR) is 125 cm³/mol. The van der Waals surface area contributed by atoms with Gasteiger partial charge in [0.15, 0.2) is 5.16 Å². The van der Waals surface area contributed by atoms with Gasteiger partial charge in [0.05, 0.1) is 16.9 Å². The molecular weight excluding hydrogens is 458 g/mol. The lowest BCUT2D eigenvalue weighted by atomic mass is 9.74. The molecule has 1 saturated heterocycles. The fourth-order valence-corrected chi connectivity index (χ4v) is 4.83. The highest BCUT2D eigenvalue weighted by Crippen LogP contribution is 2.36. The minimum atomic E-state index is -0.493. The lowest BCUT2D eigenvalue weighted by Gasteiger charge is -2.38. The number of rotatable bonds is 8. The monoisotopic (exact) mass is 483 g/mol. The summed E-state index contributed by atoms with van der Waals surface area (Å²) in [5.41, 5.74) is 0.883. The quantitative estimate of drug-likeness (QED) is 0.382. The van der Waals surface area contributed by atoms with Crippen molar-refractivity contribution in [1.82, 2.24) is 20.1 Å². The number of aromatic nitrogens is 3. The minimum absolute atomic E-state index is 0.156. The van der Waals surface area contributed by atoms with Crippen molar-refractivity contribution in [3.05, 3.63) is 70.0 Å². The number of nitro benzene ring substituents is 1. The number of carbonyl (C=O) groups is 1. The van der Waals surface area contributed by atoms with Gasteiger partial charge >= 0.3 is 0 Å². The Morgan fingerprint density at radius 1 is 1.26 bits per heavy atom. The van der Waals surface area contributed by atoms with Crippen LogP contribution in [0.15, 0.2) is 58.8 Å². The molecule has 4 rings (SSSR count). The van der Waals surface area contributed by atoms with Gasteiger partial charge in [-0.3, -0.25) is 14.9 Å². The van der Waals surface area contributed by atoms with Gasteiger partial charge in [0.2, 0.25) is 0 Å². The molecule has 3 aromatic rings. The van der Waals surface area contributed by atoms with Crippen molar-refractivity contribution in [2.45, 2.75) is 28.3 Å². The number of hydrogen-bond acceptors (Lipinski definition) is 8. The maximum Gasteiger partial charge on any atom is 0.284 e. The minimum Gasteiger partial charge on any atom is -0.497 e. The second kappa shape index (κ2) is 10.2. The molecular formula is C23H25N5O5S. The van der Waals surface area contributed by atoms with Crippen LogP contribution in [-0.2, 0) is 17.2 Å². The van der Waals surface area contributed by atoms with Crippen LogP contribution >= 0.6 is 11.8 Å². The average Bonchev–Trinajstić information content (AvgIpc) is 3.27. The normalized spacial score (nSPS) is 15.0. The van der Waals surface area contributed by atoms with Crippen molar-refractivity contribution in [2.75, 3.05) is 26.9 Å². The molecule has 0 bridgehead atoms. The highest BCUT2D eigenvalue weighted by molar-refractivity contribution is 7.99. The standard InChI is InChI=1S/C23H25N5O5S/c1-27-15-25-26-22(27)34-20-8-3-16(13-19(20)28(30)31)21(29)24-14-23(9-11-33-12-10-23)17-4-6-18(32-2)7-5-17/h3-8,13,15H,9-12,14H2,1-2H3,(H,24,29). The summed E-state index contributed by atoms with van der Waals surface area (Å²) >= 11 is 1.12. The maximum atomic E-state index is 13.0. The smallest absolute Gasteiger partial charge is 0.284 e. The molecule has 0 atom stereocenters. The highest BCUT2D eigenvalue weighted by Gasteiger charge is 2.35. The Morgan fingerprint density at radius 2 is 2.00 bits per heavy atom. The largest absolute Gasteiger partial charge is 0.497 e. The van der Waals surface area contributed by atoms with Gasteiger partial charge in [0.25, 0.3) is 11.6 Å². The number of nitro groups is 1. The molecule has 0 saturated carbocycles. The van der Waals surface area contributed by atoms with Crippen molar-refractivity contribution in [3.8, 4) is 5.75 Å². The van der Waals surface area contributed by atoms with Crippen LogP contribution in [0.25, 0.3) is 0 Å². The fourth-order valence-electron chi connectivity index (χ4n) is 3.98. The van der Waals surface area contributed by atoms with Crippen LogP contribution in [0.1, 0.15) is 28.8 Å². The Bertz CT molecular complexity index is 1170. The topological polar surface area (TPSA) is 121 Å². The highest BCUT2D eigenvalue weighted by atomic mass is 32.2. The van der Waals surface area contributed by atoms with Gasteiger partial charge in [-0.05, 0) is 54.4 Å². The number of hydrogen-bond donors (Lipinski definition) is 1. The van der Waals surface area contributed by atoms with Gasteiger partial charge in [-0.15, -0.1) is 10.2 Å². The Morgan fingerprint density at radius 3 is 2.62 bits per heavy atom. The van der Waals surface area contributed by atoms with Gasteiger partial charge in [0.1, 0.15) is 12.1 Å². The number of nitrogens with zero attached hydrogens (tertiary/aromatic N) is 4. The number of ether oxygens (including phenoxy) is 2. The maximum absolute atomic E-state index is 13.0. The zero-order valence-corrected chi connectivity index (χ0v) is 19.7. The summed E-state index contributed by atoms with van der Waals surface area (Å²) < 4.78 is 12.5. The molecule has 0 unspecified atom stereocenters. The summed E-state index contributed by atoms with van der Waals surface area (Å²) in [7, 11) is 3.38. The molecule has 1 amide bonds. The number of aryl methyl sites for hydroxylation is 1. The van der Waals surface area contributed by atoms with Crippen molar-refractivity contribution < 1.29 is 19.2 Å². The molecule has 2 heterocycles. The Balaban J connectivity index is 1.53. The molecule has 178 valence electrons. The van der Waals surface area contributed by atoms with E-state index in [9.17, 15) is 14.9 Å². The van der Waals surface area contributed by atoms with E-state index < -0.39 is 4.92 Å². The molecule has 1 aliphatic rings. The Hall–Kier alpha value is -3.44. The third-order valence-corrected chi connectivity index (χ3v) is 7.15. The molecule has 0 radical (unpaired) electrons. The summed E-state index contributed by atoms with van der Waals surface area (Å²) in [4.78, 5) is 24.6. The second-order valence-corrected chi connectivity index (χ2v) is 9.08. The van der Waals surface area contributed by atoms with E-state index in [1.165, 1.54) is 12.4 Å².